The van der Waals surface area contributed by atoms with Gasteiger partial charge in [0.2, 0.25) is 0 Å². The van der Waals surface area contributed by atoms with Gasteiger partial charge in [-0.25, -0.2) is 0 Å². The van der Waals surface area contributed by atoms with Crippen LogP contribution in [0, 0.1) is 6.92 Å². The molecule has 57 valence electrons. The monoisotopic (exact) mass is 165 g/mol. The molecule has 0 aliphatic rings. The third-order valence-electron chi connectivity index (χ3n) is 1.40. The summed E-state index contributed by atoms with van der Waals surface area (Å²) >= 11 is 5.58. The molecule has 0 amide bonds. The molecule has 0 aliphatic carbocycles. The summed E-state index contributed by atoms with van der Waals surface area (Å²) in [6.45, 7) is 3.58. The normalized spacial score (nSPS) is 11.6. The smallest absolute Gasteiger partial charge is 0.0148 e. The Balaban J connectivity index is 2.59. The van der Waals surface area contributed by atoms with Gasteiger partial charge in [-0.2, -0.15) is 0 Å². The minimum absolute atomic E-state index is 0.605. The summed E-state index contributed by atoms with van der Waals surface area (Å²) in [6.07, 6.45) is 2.76. The van der Waals surface area contributed by atoms with Gasteiger partial charge in [-0.1, -0.05) is 48.0 Å². The minimum atomic E-state index is 0.605. The first-order valence-electron chi connectivity index (χ1n) is 3.50. The van der Waals surface area contributed by atoms with Crippen LogP contribution in [0.15, 0.2) is 41.4 Å². The number of benzene rings is 1. The highest BCUT2D eigenvalue weighted by molar-refractivity contribution is 6.30. The molecule has 11 heavy (non-hydrogen) atoms. The topological polar surface area (TPSA) is 0 Å². The Bertz CT molecular complexity index is 232. The fraction of sp³-hybridized carbons (Fsp3) is 0.100. The summed E-state index contributed by atoms with van der Waals surface area (Å²) in [5, 5.41) is 0.605. The molecule has 1 radical (unpaired) electrons. The zero-order valence-electron chi connectivity index (χ0n) is 6.26. The number of hydrogen-bond acceptors (Lipinski definition) is 0. The van der Waals surface area contributed by atoms with Crippen LogP contribution in [-0.4, -0.2) is 0 Å². The maximum atomic E-state index is 5.58. The molecular weight excluding hydrogens is 156 g/mol. The second kappa shape index (κ2) is 4.20. The third-order valence-corrected chi connectivity index (χ3v) is 1.56. The molecule has 0 fully saturated rings. The highest BCUT2D eigenvalue weighted by Crippen LogP contribution is 2.04. The molecule has 0 unspecified atom stereocenters. The molecule has 0 saturated heterocycles. The van der Waals surface area contributed by atoms with Gasteiger partial charge in [-0.3, -0.25) is 0 Å². The highest BCUT2D eigenvalue weighted by atomic mass is 35.5. The van der Waals surface area contributed by atoms with Gasteiger partial charge in [-0.05, 0) is 18.9 Å². The first kappa shape index (κ1) is 8.35. The number of rotatable bonds is 2. The lowest BCUT2D eigenvalue weighted by atomic mass is 10.1. The molecule has 1 heteroatoms. The molecule has 0 N–H and O–H groups in total. The molecule has 0 aliphatic heterocycles. The van der Waals surface area contributed by atoms with E-state index < -0.39 is 0 Å². The summed E-state index contributed by atoms with van der Waals surface area (Å²) in [5.41, 5.74) is 1.26. The predicted octanol–water partition coefficient (Wildman–Crippen LogP) is 3.19. The van der Waals surface area contributed by atoms with Crippen LogP contribution in [0.3, 0.4) is 0 Å². The summed E-state index contributed by atoms with van der Waals surface area (Å²) < 4.78 is 0. The van der Waals surface area contributed by atoms with E-state index in [1.54, 1.807) is 0 Å². The van der Waals surface area contributed by atoms with Gasteiger partial charge in [-0.15, -0.1) is 0 Å². The molecular formula is C10H10Cl. The Labute approximate surface area is 72.5 Å². The van der Waals surface area contributed by atoms with Gasteiger partial charge >= 0.3 is 0 Å². The lowest BCUT2D eigenvalue weighted by molar-refractivity contribution is 1.27. The number of hydrogen-bond donors (Lipinski definition) is 0. The van der Waals surface area contributed by atoms with Crippen molar-refractivity contribution in [3.05, 3.63) is 53.9 Å². The molecule has 1 rings (SSSR count). The van der Waals surface area contributed by atoms with Gasteiger partial charge in [0.05, 0.1) is 0 Å². The maximum Gasteiger partial charge on any atom is 0.0148 e. The fourth-order valence-corrected chi connectivity index (χ4v) is 0.920. The van der Waals surface area contributed by atoms with E-state index in [2.05, 4.69) is 19.1 Å². The lowest BCUT2D eigenvalue weighted by Crippen LogP contribution is -1.78. The average Bonchev–Trinajstić information content (AvgIpc) is 2.03. The summed E-state index contributed by atoms with van der Waals surface area (Å²) in [4.78, 5) is 0. The second-order valence-corrected chi connectivity index (χ2v) is 2.83. The van der Waals surface area contributed by atoms with Crippen molar-refractivity contribution in [2.24, 2.45) is 0 Å². The Morgan fingerprint density at radius 1 is 1.36 bits per heavy atom. The van der Waals surface area contributed by atoms with E-state index in [1.165, 1.54) is 5.56 Å². The van der Waals surface area contributed by atoms with Crippen LogP contribution in [0.2, 0.25) is 0 Å². The lowest BCUT2D eigenvalue weighted by Gasteiger charge is -1.93. The van der Waals surface area contributed by atoms with Crippen molar-refractivity contribution in [2.75, 3.05) is 0 Å². The molecule has 0 aromatic heterocycles. The largest absolute Gasteiger partial charge is 0.0895 e. The Morgan fingerprint density at radius 3 is 2.55 bits per heavy atom. The van der Waals surface area contributed by atoms with Gasteiger partial charge in [0.1, 0.15) is 0 Å². The number of halogens is 1. The molecule has 0 nitrogen and oxygen atoms in total. The van der Waals surface area contributed by atoms with Crippen LogP contribution in [0.25, 0.3) is 0 Å². The summed E-state index contributed by atoms with van der Waals surface area (Å²) in [7, 11) is 0. The zero-order chi connectivity index (χ0) is 8.10. The van der Waals surface area contributed by atoms with E-state index in [9.17, 15) is 0 Å². The Hall–Kier alpha value is -0.750. The van der Waals surface area contributed by atoms with Crippen molar-refractivity contribution in [1.82, 2.24) is 0 Å². The minimum Gasteiger partial charge on any atom is -0.0895 e. The average molecular weight is 166 g/mol. The first-order chi connectivity index (χ1) is 5.29. The van der Waals surface area contributed by atoms with E-state index in [4.69, 9.17) is 11.6 Å². The summed E-state index contributed by atoms with van der Waals surface area (Å²) in [5.74, 6) is 0. The van der Waals surface area contributed by atoms with Crippen molar-refractivity contribution < 1.29 is 0 Å². The van der Waals surface area contributed by atoms with Gasteiger partial charge in [0, 0.05) is 5.03 Å². The predicted molar refractivity (Wildman–Crippen MR) is 49.4 cm³/mol. The van der Waals surface area contributed by atoms with Crippen molar-refractivity contribution in [3.63, 3.8) is 0 Å². The molecule has 0 saturated carbocycles. The van der Waals surface area contributed by atoms with Crippen LogP contribution in [0.1, 0.15) is 5.56 Å². The molecule has 0 atom stereocenters. The van der Waals surface area contributed by atoms with E-state index in [1.807, 2.05) is 24.3 Å². The van der Waals surface area contributed by atoms with Gasteiger partial charge < -0.3 is 0 Å². The van der Waals surface area contributed by atoms with E-state index >= 15 is 0 Å². The van der Waals surface area contributed by atoms with Crippen LogP contribution < -0.4 is 0 Å². The Kier molecular flexibility index (Phi) is 3.18. The van der Waals surface area contributed by atoms with E-state index in [0.29, 0.717) is 5.03 Å². The van der Waals surface area contributed by atoms with Gasteiger partial charge in [0.15, 0.2) is 0 Å². The molecule has 0 spiro atoms. The van der Waals surface area contributed by atoms with Crippen LogP contribution >= 0.6 is 11.6 Å². The molecule has 0 bridgehead atoms. The second-order valence-electron chi connectivity index (χ2n) is 2.34. The van der Waals surface area contributed by atoms with Crippen LogP contribution in [-0.2, 0) is 6.42 Å². The fourth-order valence-electron chi connectivity index (χ4n) is 0.843. The maximum absolute atomic E-state index is 5.58. The SMILES string of the molecule is [CH2]C(Cl)=CCc1ccccc1. The van der Waals surface area contributed by atoms with E-state index in [-0.39, 0.29) is 0 Å². The van der Waals surface area contributed by atoms with E-state index in [0.717, 1.165) is 6.42 Å². The molecule has 0 heterocycles. The molecule has 1 aromatic carbocycles. The van der Waals surface area contributed by atoms with Crippen LogP contribution in [0.5, 0.6) is 0 Å². The zero-order valence-corrected chi connectivity index (χ0v) is 7.01. The standard InChI is InChI=1S/C10H10Cl/c1-9(11)7-8-10-5-3-2-4-6-10/h2-7H,1,8H2. The number of allylic oxidation sites excluding steroid dienone is 2. The third kappa shape index (κ3) is 3.24. The van der Waals surface area contributed by atoms with Crippen molar-refractivity contribution >= 4 is 11.6 Å². The highest BCUT2D eigenvalue weighted by Gasteiger charge is 1.86. The Morgan fingerprint density at radius 2 is 2.00 bits per heavy atom. The first-order valence-corrected chi connectivity index (χ1v) is 3.88. The van der Waals surface area contributed by atoms with Crippen molar-refractivity contribution in [1.29, 1.82) is 0 Å². The van der Waals surface area contributed by atoms with Crippen molar-refractivity contribution in [2.45, 2.75) is 6.42 Å². The van der Waals surface area contributed by atoms with Crippen LogP contribution in [0.4, 0.5) is 0 Å². The van der Waals surface area contributed by atoms with Crippen molar-refractivity contribution in [3.8, 4) is 0 Å². The molecule has 1 aromatic rings. The quantitative estimate of drug-likeness (QED) is 0.632. The summed E-state index contributed by atoms with van der Waals surface area (Å²) in [6, 6.07) is 10.2. The van der Waals surface area contributed by atoms with Gasteiger partial charge in [0.25, 0.3) is 0 Å².